The summed E-state index contributed by atoms with van der Waals surface area (Å²) in [6.45, 7) is 9.68. The summed E-state index contributed by atoms with van der Waals surface area (Å²) in [4.78, 5) is 10.6. The number of ether oxygens (including phenoxy) is 1. The van der Waals surface area contributed by atoms with E-state index in [2.05, 4.69) is 6.58 Å². The van der Waals surface area contributed by atoms with Gasteiger partial charge in [-0.3, -0.25) is 0 Å². The van der Waals surface area contributed by atoms with Crippen LogP contribution in [0.25, 0.3) is 0 Å². The number of esters is 1. The molecule has 2 radical (unpaired) electrons. The van der Waals surface area contributed by atoms with Crippen LogP contribution in [0.15, 0.2) is 12.7 Å². The second-order valence-electron chi connectivity index (χ2n) is 3.48. The van der Waals surface area contributed by atoms with Crippen molar-refractivity contribution in [1.82, 2.24) is 0 Å². The van der Waals surface area contributed by atoms with E-state index in [9.17, 15) is 4.79 Å². The lowest BCUT2D eigenvalue weighted by molar-refractivity contribution is -0.137. The molecule has 0 aliphatic heterocycles. The Bertz CT molecular complexity index is 172. The molecule has 0 aliphatic carbocycles. The van der Waals surface area contributed by atoms with Gasteiger partial charge in [-0.1, -0.05) is 6.58 Å². The van der Waals surface area contributed by atoms with E-state index in [-0.39, 0.29) is 11.6 Å². The average Bonchev–Trinajstić information content (AvgIpc) is 2.01. The largest absolute Gasteiger partial charge is 0.463 e. The summed E-state index contributed by atoms with van der Waals surface area (Å²) in [5.74, 6) is -0.374. The third kappa shape index (κ3) is 9.30. The van der Waals surface area contributed by atoms with Crippen LogP contribution in [-0.4, -0.2) is 27.9 Å². The second kappa shape index (κ2) is 5.94. The Morgan fingerprint density at radius 2 is 2.15 bits per heavy atom. The topological polar surface area (TPSA) is 35.5 Å². The third-order valence-electron chi connectivity index (χ3n) is 0.993. The van der Waals surface area contributed by atoms with Crippen molar-refractivity contribution in [3.63, 3.8) is 0 Å². The van der Waals surface area contributed by atoms with Gasteiger partial charge in [0, 0.05) is 17.7 Å². The van der Waals surface area contributed by atoms with Crippen molar-refractivity contribution in [3.8, 4) is 0 Å². The van der Waals surface area contributed by atoms with E-state index in [1.165, 1.54) is 0 Å². The molecule has 0 aromatic carbocycles. The van der Waals surface area contributed by atoms with Gasteiger partial charge in [0.25, 0.3) is 0 Å². The molecule has 0 saturated heterocycles. The monoisotopic (exact) mass is 200 g/mol. The van der Waals surface area contributed by atoms with Crippen LogP contribution in [0.2, 0.25) is 6.04 Å². The summed E-state index contributed by atoms with van der Waals surface area (Å²) in [5, 5.41) is 0. The Balaban J connectivity index is 3.27. The van der Waals surface area contributed by atoms with Gasteiger partial charge in [0.2, 0.25) is 9.76 Å². The Kier molecular flexibility index (Phi) is 5.66. The Hall–Kier alpha value is -0.613. The number of carbonyl (C=O) groups excluding carboxylic acids is 1. The second-order valence-corrected chi connectivity index (χ2v) is 4.47. The molecule has 0 saturated carbocycles. The summed E-state index contributed by atoms with van der Waals surface area (Å²) in [6, 6.07) is 0.747. The van der Waals surface area contributed by atoms with Gasteiger partial charge in [-0.05, 0) is 20.8 Å². The first kappa shape index (κ1) is 12.4. The van der Waals surface area contributed by atoms with Crippen molar-refractivity contribution in [2.75, 3.05) is 6.61 Å². The average molecular weight is 200 g/mol. The Morgan fingerprint density at radius 1 is 1.54 bits per heavy atom. The van der Waals surface area contributed by atoms with E-state index >= 15 is 0 Å². The lowest BCUT2D eigenvalue weighted by Crippen LogP contribution is -2.22. The van der Waals surface area contributed by atoms with Gasteiger partial charge in [-0.15, -0.1) is 0 Å². The van der Waals surface area contributed by atoms with Crippen molar-refractivity contribution in [3.05, 3.63) is 12.7 Å². The molecule has 0 spiro atoms. The minimum absolute atomic E-state index is 0.110. The highest BCUT2D eigenvalue weighted by Gasteiger charge is 2.09. The molecule has 0 unspecified atom stereocenters. The van der Waals surface area contributed by atoms with Crippen molar-refractivity contribution in [1.29, 1.82) is 0 Å². The number of hydrogen-bond donors (Lipinski definition) is 0. The normalized spacial score (nSPS) is 11.0. The fourth-order valence-electron chi connectivity index (χ4n) is 0.520. The van der Waals surface area contributed by atoms with E-state index in [0.29, 0.717) is 16.4 Å². The van der Waals surface area contributed by atoms with E-state index in [1.54, 1.807) is 0 Å². The molecule has 0 heterocycles. The standard InChI is InChI=1S/C9H16O3Si/c1-5-8(10)11-6-7-13-12-9(2,3)4/h5H,1,6-7H2,2-4H3. The van der Waals surface area contributed by atoms with Gasteiger partial charge in [-0.25, -0.2) is 4.79 Å². The zero-order chi connectivity index (χ0) is 10.3. The van der Waals surface area contributed by atoms with E-state index < -0.39 is 0 Å². The number of rotatable bonds is 5. The van der Waals surface area contributed by atoms with Crippen LogP contribution in [0.5, 0.6) is 0 Å². The molecule has 4 heteroatoms. The molecule has 0 N–H and O–H groups in total. The van der Waals surface area contributed by atoms with Gasteiger partial charge >= 0.3 is 5.97 Å². The quantitative estimate of drug-likeness (QED) is 0.292. The zero-order valence-electron chi connectivity index (χ0n) is 8.42. The maximum Gasteiger partial charge on any atom is 0.330 e. The van der Waals surface area contributed by atoms with E-state index in [4.69, 9.17) is 9.16 Å². The van der Waals surface area contributed by atoms with Crippen molar-refractivity contribution in [2.24, 2.45) is 0 Å². The van der Waals surface area contributed by atoms with Crippen LogP contribution in [0.3, 0.4) is 0 Å². The predicted octanol–water partition coefficient (Wildman–Crippen LogP) is 1.57. The fraction of sp³-hybridized carbons (Fsp3) is 0.667. The van der Waals surface area contributed by atoms with E-state index in [1.807, 2.05) is 20.8 Å². The first-order chi connectivity index (χ1) is 5.95. The van der Waals surface area contributed by atoms with E-state index in [0.717, 1.165) is 12.1 Å². The minimum atomic E-state index is -0.374. The third-order valence-corrected chi connectivity index (χ3v) is 2.16. The van der Waals surface area contributed by atoms with Gasteiger partial charge in [0.05, 0.1) is 6.61 Å². The molecule has 0 aliphatic rings. The molecule has 0 aromatic heterocycles. The molecule has 13 heavy (non-hydrogen) atoms. The lowest BCUT2D eigenvalue weighted by atomic mass is 10.2. The first-order valence-corrected chi connectivity index (χ1v) is 5.27. The highest BCUT2D eigenvalue weighted by molar-refractivity contribution is 6.27. The SMILES string of the molecule is C=CC(=O)OCC[Si]OC(C)(C)C. The molecule has 3 nitrogen and oxygen atoms in total. The number of carbonyl (C=O) groups is 1. The van der Waals surface area contributed by atoms with Crippen molar-refractivity contribution in [2.45, 2.75) is 32.4 Å². The Labute approximate surface area is 82.1 Å². The highest BCUT2D eigenvalue weighted by Crippen LogP contribution is 2.05. The Morgan fingerprint density at radius 3 is 2.62 bits per heavy atom. The fourth-order valence-corrected chi connectivity index (χ4v) is 1.24. The maximum absolute atomic E-state index is 10.6. The summed E-state index contributed by atoms with van der Waals surface area (Å²) in [5.41, 5.74) is -0.110. The maximum atomic E-state index is 10.6. The van der Waals surface area contributed by atoms with Crippen molar-refractivity contribution < 1.29 is 14.0 Å². The van der Waals surface area contributed by atoms with Crippen LogP contribution in [0.4, 0.5) is 0 Å². The zero-order valence-corrected chi connectivity index (χ0v) is 9.42. The summed E-state index contributed by atoms with van der Waals surface area (Å²) < 4.78 is 10.2. The van der Waals surface area contributed by atoms with Crippen LogP contribution >= 0.6 is 0 Å². The van der Waals surface area contributed by atoms with Gasteiger partial charge in [-0.2, -0.15) is 0 Å². The predicted molar refractivity (Wildman–Crippen MR) is 52.6 cm³/mol. The smallest absolute Gasteiger partial charge is 0.330 e. The lowest BCUT2D eigenvalue weighted by Gasteiger charge is -2.18. The van der Waals surface area contributed by atoms with Crippen LogP contribution < -0.4 is 0 Å². The summed E-state index contributed by atoms with van der Waals surface area (Å²) in [6.07, 6.45) is 1.16. The molecule has 0 rings (SSSR count). The summed E-state index contributed by atoms with van der Waals surface area (Å²) in [7, 11) is 0.373. The number of hydrogen-bond acceptors (Lipinski definition) is 3. The molecular formula is C9H16O3Si. The molecule has 0 bridgehead atoms. The molecular weight excluding hydrogens is 184 g/mol. The van der Waals surface area contributed by atoms with Crippen molar-refractivity contribution >= 4 is 15.7 Å². The van der Waals surface area contributed by atoms with Crippen LogP contribution in [-0.2, 0) is 14.0 Å². The minimum Gasteiger partial charge on any atom is -0.463 e. The molecule has 74 valence electrons. The van der Waals surface area contributed by atoms with Gasteiger partial charge in [0.15, 0.2) is 0 Å². The molecule has 0 amide bonds. The molecule has 0 aromatic rings. The highest BCUT2D eigenvalue weighted by atomic mass is 28.2. The van der Waals surface area contributed by atoms with Crippen LogP contribution in [0.1, 0.15) is 20.8 Å². The molecule has 0 fully saturated rings. The van der Waals surface area contributed by atoms with Crippen LogP contribution in [0, 0.1) is 0 Å². The van der Waals surface area contributed by atoms with Gasteiger partial charge < -0.3 is 9.16 Å². The summed E-state index contributed by atoms with van der Waals surface area (Å²) >= 11 is 0. The van der Waals surface area contributed by atoms with Gasteiger partial charge in [0.1, 0.15) is 0 Å². The first-order valence-electron chi connectivity index (χ1n) is 4.16. The molecule has 0 atom stereocenters.